The van der Waals surface area contributed by atoms with Crippen LogP contribution in [0.1, 0.15) is 11.1 Å². The van der Waals surface area contributed by atoms with Crippen molar-refractivity contribution >= 4 is 51.9 Å². The van der Waals surface area contributed by atoms with Gasteiger partial charge in [-0.1, -0.05) is 78.9 Å². The van der Waals surface area contributed by atoms with E-state index in [1.165, 1.54) is 17.8 Å². The summed E-state index contributed by atoms with van der Waals surface area (Å²) in [5.41, 5.74) is 10.1. The minimum absolute atomic E-state index is 0.306. The number of fused-ring (bicyclic) bond motifs is 1. The number of rotatable bonds is 7. The van der Waals surface area contributed by atoms with Crippen molar-refractivity contribution in [3.63, 3.8) is 0 Å². The lowest BCUT2D eigenvalue weighted by Crippen LogP contribution is -2.09. The fourth-order valence-corrected chi connectivity index (χ4v) is 5.67. The van der Waals surface area contributed by atoms with E-state index in [1.807, 2.05) is 61.5 Å². The van der Waals surface area contributed by atoms with Crippen LogP contribution < -0.4 is 4.90 Å². The molecule has 7 heteroatoms. The number of anilines is 3. The normalized spacial score (nSPS) is 11.3. The molecule has 0 amide bonds. The van der Waals surface area contributed by atoms with E-state index in [-0.39, 0.29) is 5.57 Å². The highest BCUT2D eigenvalue weighted by Gasteiger charge is 2.17. The maximum absolute atomic E-state index is 11.2. The smallest absolute Gasteiger partial charge is 0.346 e. The number of carbonyl (C=O) groups is 1. The van der Waals surface area contributed by atoms with Gasteiger partial charge >= 0.3 is 5.97 Å². The van der Waals surface area contributed by atoms with Gasteiger partial charge in [-0.15, -0.1) is 0 Å². The zero-order chi connectivity index (χ0) is 29.1. The van der Waals surface area contributed by atoms with E-state index in [0.717, 1.165) is 55.9 Å². The third kappa shape index (κ3) is 5.15. The lowest BCUT2D eigenvalue weighted by molar-refractivity contribution is -0.132. The molecule has 202 valence electrons. The summed E-state index contributed by atoms with van der Waals surface area (Å²) in [6, 6.07) is 40.6. The lowest BCUT2D eigenvalue weighted by Gasteiger charge is -2.25. The largest absolute Gasteiger partial charge is 0.477 e. The van der Waals surface area contributed by atoms with Crippen LogP contribution in [-0.2, 0) is 4.79 Å². The fourth-order valence-electron chi connectivity index (χ4n) is 5.10. The minimum Gasteiger partial charge on any atom is -0.477 e. The van der Waals surface area contributed by atoms with E-state index < -0.39 is 5.97 Å². The van der Waals surface area contributed by atoms with E-state index in [1.54, 1.807) is 6.07 Å². The molecule has 0 radical (unpaired) electrons. The Morgan fingerprint density at radius 1 is 0.762 bits per heavy atom. The molecule has 6 aromatic rings. The van der Waals surface area contributed by atoms with Crippen molar-refractivity contribution in [1.82, 2.24) is 8.75 Å². The summed E-state index contributed by atoms with van der Waals surface area (Å²) >= 11 is 1.18. The monoisotopic (exact) mass is 564 g/mol. The maximum atomic E-state index is 11.2. The van der Waals surface area contributed by atoms with Crippen molar-refractivity contribution in [3.8, 4) is 28.3 Å². The number of hydrogen-bond acceptors (Lipinski definition) is 6. The fraction of sp³-hybridized carbons (Fsp3) is 0.0286. The summed E-state index contributed by atoms with van der Waals surface area (Å²) in [6.45, 7) is 1.96. The van der Waals surface area contributed by atoms with Gasteiger partial charge in [0.1, 0.15) is 22.7 Å². The average molecular weight is 565 g/mol. The Bertz CT molecular complexity index is 1940. The van der Waals surface area contributed by atoms with Gasteiger partial charge in [-0.05, 0) is 71.7 Å². The standard InChI is InChI=1S/C35H24N4O2S/c1-23-20-24(21-26(22-36)35(40)41)12-17-30(23)32-19-18-31(33-34(32)38-42-37-33)25-13-15-29(16-14-25)39(27-8-4-2-5-9-27)28-10-6-3-7-11-28/h2-21H,1H3,(H,40,41)/b26-21-. The van der Waals surface area contributed by atoms with E-state index in [4.69, 9.17) is 5.26 Å². The highest BCUT2D eigenvalue weighted by molar-refractivity contribution is 7.00. The van der Waals surface area contributed by atoms with Gasteiger partial charge in [0.15, 0.2) is 0 Å². The molecule has 0 aliphatic heterocycles. The van der Waals surface area contributed by atoms with Gasteiger partial charge in [0.05, 0.1) is 11.7 Å². The predicted octanol–water partition coefficient (Wildman–Crippen LogP) is 8.80. The number of nitrogens with zero attached hydrogens (tertiary/aromatic N) is 4. The third-order valence-corrected chi connectivity index (χ3v) is 7.61. The Labute approximate surface area is 247 Å². The average Bonchev–Trinajstić information content (AvgIpc) is 3.52. The van der Waals surface area contributed by atoms with Crippen LogP contribution in [-0.4, -0.2) is 19.8 Å². The van der Waals surface area contributed by atoms with Crippen molar-refractivity contribution < 1.29 is 9.90 Å². The van der Waals surface area contributed by atoms with Gasteiger partial charge in [-0.25, -0.2) is 4.79 Å². The third-order valence-electron chi connectivity index (χ3n) is 7.08. The molecule has 0 saturated carbocycles. The lowest BCUT2D eigenvalue weighted by atomic mass is 9.94. The topological polar surface area (TPSA) is 90.1 Å². The number of para-hydroxylation sites is 2. The molecule has 1 heterocycles. The molecule has 5 aromatic carbocycles. The molecule has 0 spiro atoms. The van der Waals surface area contributed by atoms with Crippen molar-refractivity contribution in [3.05, 3.63) is 132 Å². The zero-order valence-corrected chi connectivity index (χ0v) is 23.4. The first-order valence-electron chi connectivity index (χ1n) is 13.3. The summed E-state index contributed by atoms with van der Waals surface area (Å²) in [7, 11) is 0. The second-order valence-corrected chi connectivity index (χ2v) is 10.3. The SMILES string of the molecule is Cc1cc(/C=C(/C#N)C(=O)O)ccc1-c1ccc(-c2ccc(N(c3ccccc3)c3ccccc3)cc2)c2nsnc12. The summed E-state index contributed by atoms with van der Waals surface area (Å²) < 4.78 is 9.30. The number of aliphatic carboxylic acids is 1. The van der Waals surface area contributed by atoms with E-state index >= 15 is 0 Å². The Hall–Kier alpha value is -5.58. The van der Waals surface area contributed by atoms with Crippen molar-refractivity contribution in [2.24, 2.45) is 0 Å². The first kappa shape index (κ1) is 26.6. The number of aromatic nitrogens is 2. The van der Waals surface area contributed by atoms with Gasteiger partial charge in [-0.3, -0.25) is 0 Å². The molecule has 1 aromatic heterocycles. The van der Waals surface area contributed by atoms with Crippen LogP contribution in [0.4, 0.5) is 17.1 Å². The molecule has 6 nitrogen and oxygen atoms in total. The van der Waals surface area contributed by atoms with Crippen LogP contribution in [0.5, 0.6) is 0 Å². The van der Waals surface area contributed by atoms with Crippen LogP contribution in [0.25, 0.3) is 39.4 Å². The van der Waals surface area contributed by atoms with E-state index in [0.29, 0.717) is 5.56 Å². The van der Waals surface area contributed by atoms with Crippen molar-refractivity contribution in [2.45, 2.75) is 6.92 Å². The molecule has 0 atom stereocenters. The Balaban J connectivity index is 1.36. The zero-order valence-electron chi connectivity index (χ0n) is 22.6. The quantitative estimate of drug-likeness (QED) is 0.154. The number of nitriles is 1. The molecule has 42 heavy (non-hydrogen) atoms. The van der Waals surface area contributed by atoms with Crippen molar-refractivity contribution in [2.75, 3.05) is 4.90 Å². The summed E-state index contributed by atoms with van der Waals surface area (Å²) in [5, 5.41) is 18.3. The van der Waals surface area contributed by atoms with Crippen LogP contribution in [0, 0.1) is 18.3 Å². The van der Waals surface area contributed by atoms with Crippen LogP contribution >= 0.6 is 11.7 Å². The highest BCUT2D eigenvalue weighted by atomic mass is 32.1. The van der Waals surface area contributed by atoms with Gasteiger partial charge in [-0.2, -0.15) is 14.0 Å². The van der Waals surface area contributed by atoms with E-state index in [9.17, 15) is 9.90 Å². The minimum atomic E-state index is -1.24. The van der Waals surface area contributed by atoms with Crippen LogP contribution in [0.15, 0.2) is 121 Å². The number of carboxylic acid groups (broad SMARTS) is 1. The van der Waals surface area contributed by atoms with Crippen LogP contribution in [0.2, 0.25) is 0 Å². The summed E-state index contributed by atoms with van der Waals surface area (Å²) in [5.74, 6) is -1.24. The van der Waals surface area contributed by atoms with Gasteiger partial charge in [0, 0.05) is 28.2 Å². The number of carboxylic acids is 1. The van der Waals surface area contributed by atoms with Crippen molar-refractivity contribution in [1.29, 1.82) is 5.26 Å². The molecule has 0 aliphatic rings. The first-order valence-corrected chi connectivity index (χ1v) is 14.0. The maximum Gasteiger partial charge on any atom is 0.346 e. The number of hydrogen-bond donors (Lipinski definition) is 1. The molecule has 6 rings (SSSR count). The number of aryl methyl sites for hydroxylation is 1. The molecule has 0 aliphatic carbocycles. The van der Waals surface area contributed by atoms with Crippen LogP contribution in [0.3, 0.4) is 0 Å². The molecule has 0 unspecified atom stereocenters. The van der Waals surface area contributed by atoms with Gasteiger partial charge in [0.25, 0.3) is 0 Å². The Morgan fingerprint density at radius 2 is 1.31 bits per heavy atom. The first-order chi connectivity index (χ1) is 20.5. The molecule has 1 N–H and O–H groups in total. The molecule has 0 fully saturated rings. The molecular weight excluding hydrogens is 540 g/mol. The Morgan fingerprint density at radius 3 is 1.88 bits per heavy atom. The second-order valence-electron chi connectivity index (χ2n) is 9.72. The molecule has 0 saturated heterocycles. The predicted molar refractivity (Wildman–Crippen MR) is 169 cm³/mol. The van der Waals surface area contributed by atoms with Gasteiger partial charge in [0.2, 0.25) is 0 Å². The Kier molecular flexibility index (Phi) is 7.29. The molecular formula is C35H24N4O2S. The van der Waals surface area contributed by atoms with E-state index in [2.05, 4.69) is 74.3 Å². The summed E-state index contributed by atoms with van der Waals surface area (Å²) in [4.78, 5) is 13.5. The highest BCUT2D eigenvalue weighted by Crippen LogP contribution is 2.38. The molecule has 0 bridgehead atoms. The van der Waals surface area contributed by atoms with Gasteiger partial charge < -0.3 is 10.0 Å². The summed E-state index contributed by atoms with van der Waals surface area (Å²) in [6.07, 6.45) is 1.38. The second kappa shape index (κ2) is 11.5. The number of benzene rings is 5.